The fraction of sp³-hybridized carbons (Fsp3) is 0.345. The van der Waals surface area contributed by atoms with Gasteiger partial charge in [-0.1, -0.05) is 6.07 Å². The number of carbonyl (C=O) groups excluding carboxylic acids is 1. The Morgan fingerprint density at radius 2 is 1.39 bits per heavy atom. The van der Waals surface area contributed by atoms with Crippen LogP contribution in [0, 0.1) is 13.8 Å². The van der Waals surface area contributed by atoms with Crippen LogP contribution in [0.4, 0.5) is 0 Å². The van der Waals surface area contributed by atoms with Gasteiger partial charge in [0, 0.05) is 18.2 Å². The molecule has 1 aliphatic heterocycles. The van der Waals surface area contributed by atoms with E-state index >= 15 is 0 Å². The van der Waals surface area contributed by atoms with Gasteiger partial charge in [0.2, 0.25) is 0 Å². The number of carbonyl (C=O) groups is 1. The second kappa shape index (κ2) is 10.8. The van der Waals surface area contributed by atoms with Crippen molar-refractivity contribution >= 4 is 5.91 Å². The van der Waals surface area contributed by atoms with Gasteiger partial charge in [0.05, 0.1) is 34.5 Å². The molecule has 0 aromatic heterocycles. The van der Waals surface area contributed by atoms with Gasteiger partial charge in [-0.05, 0) is 78.9 Å². The molecule has 3 aromatic rings. The van der Waals surface area contributed by atoms with E-state index in [0.717, 1.165) is 28.0 Å². The summed E-state index contributed by atoms with van der Waals surface area (Å²) in [6, 6.07) is 14.9. The summed E-state index contributed by atoms with van der Waals surface area (Å²) in [6.45, 7) is 4.90. The Morgan fingerprint density at radius 3 is 1.97 bits per heavy atom. The molecule has 0 saturated carbocycles. The third-order valence-corrected chi connectivity index (χ3v) is 6.46. The summed E-state index contributed by atoms with van der Waals surface area (Å²) in [5.41, 5.74) is 4.82. The van der Waals surface area contributed by atoms with E-state index in [1.165, 1.54) is 0 Å². The van der Waals surface area contributed by atoms with Crippen LogP contribution in [-0.4, -0.2) is 52.4 Å². The molecule has 1 atom stereocenters. The third kappa shape index (κ3) is 5.20. The molecule has 1 amide bonds. The minimum Gasteiger partial charge on any atom is -0.497 e. The maximum Gasteiger partial charge on any atom is 0.254 e. The molecule has 0 saturated heterocycles. The van der Waals surface area contributed by atoms with Crippen LogP contribution in [0.2, 0.25) is 0 Å². The van der Waals surface area contributed by atoms with E-state index in [2.05, 4.69) is 6.07 Å². The smallest absolute Gasteiger partial charge is 0.254 e. The number of fused-ring (bicyclic) bond motifs is 1. The predicted molar refractivity (Wildman–Crippen MR) is 138 cm³/mol. The minimum atomic E-state index is -0.334. The van der Waals surface area contributed by atoms with Gasteiger partial charge in [-0.2, -0.15) is 0 Å². The Morgan fingerprint density at radius 1 is 0.778 bits per heavy atom. The number of benzene rings is 3. The Labute approximate surface area is 212 Å². The van der Waals surface area contributed by atoms with Gasteiger partial charge < -0.3 is 28.6 Å². The van der Waals surface area contributed by atoms with Crippen LogP contribution in [0.15, 0.2) is 48.5 Å². The predicted octanol–water partition coefficient (Wildman–Crippen LogP) is 5.16. The van der Waals surface area contributed by atoms with Gasteiger partial charge in [0.1, 0.15) is 23.9 Å². The largest absolute Gasteiger partial charge is 0.497 e. The van der Waals surface area contributed by atoms with Crippen LogP contribution in [0.1, 0.15) is 38.7 Å². The highest BCUT2D eigenvalue weighted by Gasteiger charge is 2.34. The van der Waals surface area contributed by atoms with E-state index in [-0.39, 0.29) is 18.6 Å². The van der Waals surface area contributed by atoms with E-state index in [0.29, 0.717) is 41.5 Å². The number of amides is 1. The molecule has 190 valence electrons. The van der Waals surface area contributed by atoms with Crippen molar-refractivity contribution in [2.45, 2.75) is 26.3 Å². The van der Waals surface area contributed by atoms with Crippen LogP contribution in [-0.2, 0) is 6.42 Å². The Bertz CT molecular complexity index is 1210. The second-order valence-corrected chi connectivity index (χ2v) is 8.91. The lowest BCUT2D eigenvalue weighted by molar-refractivity contribution is 0.0588. The molecule has 0 aliphatic carbocycles. The van der Waals surface area contributed by atoms with Crippen molar-refractivity contribution in [2.75, 3.05) is 41.6 Å². The topological polar surface area (TPSA) is 66.5 Å². The van der Waals surface area contributed by atoms with Crippen molar-refractivity contribution in [2.24, 2.45) is 0 Å². The van der Waals surface area contributed by atoms with Gasteiger partial charge in [0.15, 0.2) is 11.5 Å². The first kappa shape index (κ1) is 25.2. The summed E-state index contributed by atoms with van der Waals surface area (Å²) < 4.78 is 28.2. The number of ether oxygens (including phenoxy) is 5. The molecule has 1 aliphatic rings. The average molecular weight is 492 g/mol. The van der Waals surface area contributed by atoms with Gasteiger partial charge in [0.25, 0.3) is 5.91 Å². The van der Waals surface area contributed by atoms with Crippen molar-refractivity contribution in [3.63, 3.8) is 0 Å². The highest BCUT2D eigenvalue weighted by molar-refractivity contribution is 5.95. The highest BCUT2D eigenvalue weighted by Crippen LogP contribution is 2.39. The van der Waals surface area contributed by atoms with Crippen molar-refractivity contribution in [1.29, 1.82) is 0 Å². The average Bonchev–Trinajstić information content (AvgIpc) is 2.89. The summed E-state index contributed by atoms with van der Waals surface area (Å²) in [5.74, 6) is 3.05. The maximum atomic E-state index is 13.9. The fourth-order valence-electron chi connectivity index (χ4n) is 4.74. The first-order valence-electron chi connectivity index (χ1n) is 11.9. The van der Waals surface area contributed by atoms with E-state index in [1.807, 2.05) is 43.0 Å². The molecule has 0 bridgehead atoms. The van der Waals surface area contributed by atoms with Gasteiger partial charge in [-0.3, -0.25) is 4.79 Å². The van der Waals surface area contributed by atoms with Crippen LogP contribution >= 0.6 is 0 Å². The molecule has 7 nitrogen and oxygen atoms in total. The molecule has 7 heteroatoms. The lowest BCUT2D eigenvalue weighted by Crippen LogP contribution is -2.42. The quantitative estimate of drug-likeness (QED) is 0.434. The molecule has 3 aromatic carbocycles. The lowest BCUT2D eigenvalue weighted by Gasteiger charge is -2.37. The van der Waals surface area contributed by atoms with E-state index in [1.54, 1.807) is 46.6 Å². The van der Waals surface area contributed by atoms with E-state index in [4.69, 9.17) is 23.7 Å². The normalized spacial score (nSPS) is 14.6. The van der Waals surface area contributed by atoms with Crippen molar-refractivity contribution < 1.29 is 28.5 Å². The van der Waals surface area contributed by atoms with Crippen molar-refractivity contribution in [3.05, 3.63) is 76.3 Å². The molecule has 0 unspecified atom stereocenters. The van der Waals surface area contributed by atoms with E-state index < -0.39 is 0 Å². The van der Waals surface area contributed by atoms with Gasteiger partial charge in [-0.25, -0.2) is 0 Å². The first-order valence-corrected chi connectivity index (χ1v) is 11.9. The zero-order valence-corrected chi connectivity index (χ0v) is 21.7. The molecular formula is C29H33NO6. The molecule has 0 N–H and O–H groups in total. The van der Waals surface area contributed by atoms with Crippen molar-refractivity contribution in [1.82, 2.24) is 4.90 Å². The number of aryl methyl sites for hydroxylation is 2. The summed E-state index contributed by atoms with van der Waals surface area (Å²) >= 11 is 0. The molecule has 0 spiro atoms. The number of hydrogen-bond acceptors (Lipinski definition) is 6. The summed E-state index contributed by atoms with van der Waals surface area (Å²) in [5, 5.41) is 0. The standard InChI is InChI=1S/C29H33NO6/c1-18-9-19(2)11-24(10-18)36-17-26-25-16-28(35-6)27(34-5)14-20(25)7-8-30(26)29(31)21-12-22(32-3)15-23(13-21)33-4/h9-16,26H,7-8,17H2,1-6H3/t26-/m0/s1. The number of nitrogens with zero attached hydrogens (tertiary/aromatic N) is 1. The van der Waals surface area contributed by atoms with Crippen LogP contribution < -0.4 is 23.7 Å². The fourth-order valence-corrected chi connectivity index (χ4v) is 4.74. The second-order valence-electron chi connectivity index (χ2n) is 8.91. The van der Waals surface area contributed by atoms with Gasteiger partial charge in [-0.15, -0.1) is 0 Å². The summed E-state index contributed by atoms with van der Waals surface area (Å²) in [4.78, 5) is 15.7. The van der Waals surface area contributed by atoms with Gasteiger partial charge >= 0.3 is 0 Å². The summed E-state index contributed by atoms with van der Waals surface area (Å²) in [7, 11) is 6.37. The Balaban J connectivity index is 1.74. The zero-order chi connectivity index (χ0) is 25.8. The Kier molecular flexibility index (Phi) is 7.58. The monoisotopic (exact) mass is 491 g/mol. The molecule has 0 fully saturated rings. The Hall–Kier alpha value is -3.87. The van der Waals surface area contributed by atoms with Crippen LogP contribution in [0.5, 0.6) is 28.7 Å². The minimum absolute atomic E-state index is 0.123. The molecule has 1 heterocycles. The third-order valence-electron chi connectivity index (χ3n) is 6.46. The number of hydrogen-bond donors (Lipinski definition) is 0. The number of rotatable bonds is 8. The number of methoxy groups -OCH3 is 4. The molecule has 36 heavy (non-hydrogen) atoms. The SMILES string of the molecule is COc1cc(OC)cc(C(=O)N2CCc3cc(OC)c(OC)cc3[C@@H]2COc2cc(C)cc(C)c2)c1. The molecule has 0 radical (unpaired) electrons. The highest BCUT2D eigenvalue weighted by atomic mass is 16.5. The first-order chi connectivity index (χ1) is 17.4. The molecular weight excluding hydrogens is 458 g/mol. The summed E-state index contributed by atoms with van der Waals surface area (Å²) in [6.07, 6.45) is 0.683. The van der Waals surface area contributed by atoms with Crippen LogP contribution in [0.25, 0.3) is 0 Å². The molecule has 4 rings (SSSR count). The van der Waals surface area contributed by atoms with E-state index in [9.17, 15) is 4.79 Å². The zero-order valence-electron chi connectivity index (χ0n) is 21.7. The van der Waals surface area contributed by atoms with Crippen LogP contribution in [0.3, 0.4) is 0 Å². The van der Waals surface area contributed by atoms with Crippen molar-refractivity contribution in [3.8, 4) is 28.7 Å². The maximum absolute atomic E-state index is 13.9. The lowest BCUT2D eigenvalue weighted by atomic mass is 9.91.